The number of aromatic nitrogens is 1. The van der Waals surface area contributed by atoms with Crippen LogP contribution < -0.4 is 0 Å². The molecule has 0 saturated carbocycles. The highest BCUT2D eigenvalue weighted by Crippen LogP contribution is 2.23. The zero-order chi connectivity index (χ0) is 8.27. The lowest BCUT2D eigenvalue weighted by Crippen LogP contribution is -1.95. The number of hydrogen-bond donors (Lipinski definition) is 0. The van der Waals surface area contributed by atoms with Crippen LogP contribution in [0.3, 0.4) is 0 Å². The summed E-state index contributed by atoms with van der Waals surface area (Å²) in [5, 5.41) is 0.779. The minimum absolute atomic E-state index is 0.462. The van der Waals surface area contributed by atoms with E-state index in [1.54, 1.807) is 6.20 Å². The fourth-order valence-electron chi connectivity index (χ4n) is 0.954. The van der Waals surface area contributed by atoms with E-state index >= 15 is 0 Å². The summed E-state index contributed by atoms with van der Waals surface area (Å²) < 4.78 is 0. The summed E-state index contributed by atoms with van der Waals surface area (Å²) in [4.78, 5) is 4.22. The largest absolute Gasteiger partial charge is 0.259 e. The van der Waals surface area contributed by atoms with Gasteiger partial charge < -0.3 is 0 Å². The number of hydrogen-bond acceptors (Lipinski definition) is 1. The molecule has 0 spiro atoms. The molecule has 1 atom stereocenters. The molecule has 0 N–H and O–H groups in total. The molecule has 1 heterocycles. The highest BCUT2D eigenvalue weighted by molar-refractivity contribution is 6.31. The van der Waals surface area contributed by atoms with E-state index in [0.717, 1.165) is 17.1 Å². The summed E-state index contributed by atoms with van der Waals surface area (Å²) in [6.07, 6.45) is 2.87. The summed E-state index contributed by atoms with van der Waals surface area (Å²) in [5.74, 6) is 0.462. The third-order valence-corrected chi connectivity index (χ3v) is 2.19. The van der Waals surface area contributed by atoms with Crippen molar-refractivity contribution >= 4 is 11.6 Å². The topological polar surface area (TPSA) is 12.9 Å². The van der Waals surface area contributed by atoms with Crippen molar-refractivity contribution < 1.29 is 0 Å². The summed E-state index contributed by atoms with van der Waals surface area (Å²) in [6.45, 7) is 4.27. The average molecular weight is 170 g/mol. The van der Waals surface area contributed by atoms with Crippen LogP contribution in [0.15, 0.2) is 18.3 Å². The maximum absolute atomic E-state index is 5.94. The van der Waals surface area contributed by atoms with E-state index in [0.29, 0.717) is 5.92 Å². The Morgan fingerprint density at radius 3 is 2.91 bits per heavy atom. The van der Waals surface area contributed by atoms with Crippen LogP contribution in [0.1, 0.15) is 31.9 Å². The van der Waals surface area contributed by atoms with Gasteiger partial charge in [-0.25, -0.2) is 0 Å². The Bertz CT molecular complexity index is 235. The van der Waals surface area contributed by atoms with E-state index < -0.39 is 0 Å². The molecule has 0 fully saturated rings. The van der Waals surface area contributed by atoms with Crippen LogP contribution in [-0.4, -0.2) is 4.98 Å². The van der Waals surface area contributed by atoms with Crippen LogP contribution >= 0.6 is 11.6 Å². The lowest BCUT2D eigenvalue weighted by molar-refractivity contribution is 0.708. The lowest BCUT2D eigenvalue weighted by atomic mass is 10.0. The quantitative estimate of drug-likeness (QED) is 0.663. The Morgan fingerprint density at radius 1 is 1.64 bits per heavy atom. The maximum atomic E-state index is 5.94. The lowest BCUT2D eigenvalue weighted by Gasteiger charge is -2.08. The Kier molecular flexibility index (Phi) is 2.89. The van der Waals surface area contributed by atoms with Crippen LogP contribution in [0, 0.1) is 0 Å². The minimum Gasteiger partial charge on any atom is -0.259 e. The van der Waals surface area contributed by atoms with E-state index in [1.165, 1.54) is 0 Å². The number of pyridine rings is 1. The molecule has 60 valence electrons. The van der Waals surface area contributed by atoms with Gasteiger partial charge in [0.05, 0.1) is 10.7 Å². The summed E-state index contributed by atoms with van der Waals surface area (Å²) >= 11 is 5.94. The van der Waals surface area contributed by atoms with Gasteiger partial charge in [0, 0.05) is 6.20 Å². The second-order valence-corrected chi connectivity index (χ2v) is 3.09. The first-order chi connectivity index (χ1) is 5.25. The molecule has 1 rings (SSSR count). The monoisotopic (exact) mass is 169 g/mol. The predicted molar refractivity (Wildman–Crippen MR) is 48.0 cm³/mol. The molecule has 0 radical (unpaired) electrons. The number of halogens is 1. The van der Waals surface area contributed by atoms with Crippen LogP contribution in [0.4, 0.5) is 0 Å². The third-order valence-electron chi connectivity index (χ3n) is 1.87. The Morgan fingerprint density at radius 2 is 2.36 bits per heavy atom. The minimum atomic E-state index is 0.462. The smallest absolute Gasteiger partial charge is 0.0624 e. The second-order valence-electron chi connectivity index (χ2n) is 2.68. The molecule has 1 nitrogen and oxygen atoms in total. The Balaban J connectivity index is 2.93. The van der Waals surface area contributed by atoms with Gasteiger partial charge in [0.15, 0.2) is 0 Å². The van der Waals surface area contributed by atoms with Gasteiger partial charge in [-0.05, 0) is 24.5 Å². The molecule has 0 amide bonds. The van der Waals surface area contributed by atoms with Gasteiger partial charge in [0.2, 0.25) is 0 Å². The maximum Gasteiger partial charge on any atom is 0.0624 e. The first-order valence-corrected chi connectivity index (χ1v) is 4.24. The van der Waals surface area contributed by atoms with Crippen LogP contribution in [-0.2, 0) is 0 Å². The first kappa shape index (κ1) is 8.54. The van der Waals surface area contributed by atoms with E-state index in [9.17, 15) is 0 Å². The molecule has 0 saturated heterocycles. The van der Waals surface area contributed by atoms with Crippen LogP contribution in [0.25, 0.3) is 0 Å². The molecular formula is C9H12ClN. The van der Waals surface area contributed by atoms with Gasteiger partial charge >= 0.3 is 0 Å². The second kappa shape index (κ2) is 3.72. The Hall–Kier alpha value is -0.560. The fraction of sp³-hybridized carbons (Fsp3) is 0.444. The first-order valence-electron chi connectivity index (χ1n) is 3.86. The van der Waals surface area contributed by atoms with Crippen molar-refractivity contribution in [3.05, 3.63) is 29.0 Å². The van der Waals surface area contributed by atoms with Crippen molar-refractivity contribution in [2.24, 2.45) is 0 Å². The summed E-state index contributed by atoms with van der Waals surface area (Å²) in [5.41, 5.74) is 1.01. The third kappa shape index (κ3) is 1.93. The zero-order valence-electron chi connectivity index (χ0n) is 6.84. The molecule has 0 aliphatic rings. The Labute approximate surface area is 72.4 Å². The van der Waals surface area contributed by atoms with Crippen molar-refractivity contribution in [3.8, 4) is 0 Å². The molecule has 0 aliphatic carbocycles. The van der Waals surface area contributed by atoms with E-state index in [-0.39, 0.29) is 0 Å². The molecule has 11 heavy (non-hydrogen) atoms. The van der Waals surface area contributed by atoms with Crippen LogP contribution in [0.2, 0.25) is 5.02 Å². The van der Waals surface area contributed by atoms with Crippen molar-refractivity contribution in [3.63, 3.8) is 0 Å². The highest BCUT2D eigenvalue weighted by Gasteiger charge is 2.07. The molecule has 2 heteroatoms. The van der Waals surface area contributed by atoms with Crippen molar-refractivity contribution in [1.82, 2.24) is 4.98 Å². The number of nitrogens with zero attached hydrogens (tertiary/aromatic N) is 1. The molecule has 0 bridgehead atoms. The zero-order valence-corrected chi connectivity index (χ0v) is 7.60. The van der Waals surface area contributed by atoms with Crippen molar-refractivity contribution in [1.29, 1.82) is 0 Å². The van der Waals surface area contributed by atoms with Crippen molar-refractivity contribution in [2.45, 2.75) is 26.2 Å². The fourth-order valence-corrected chi connectivity index (χ4v) is 1.26. The SMILES string of the molecule is CCC(C)c1ncccc1Cl. The molecule has 0 aromatic carbocycles. The molecule has 1 aromatic heterocycles. The van der Waals surface area contributed by atoms with E-state index in [1.807, 2.05) is 12.1 Å². The van der Waals surface area contributed by atoms with Gasteiger partial charge in [-0.1, -0.05) is 25.4 Å². The number of rotatable bonds is 2. The molecular weight excluding hydrogens is 158 g/mol. The van der Waals surface area contributed by atoms with Gasteiger partial charge in [-0.2, -0.15) is 0 Å². The molecule has 1 aromatic rings. The van der Waals surface area contributed by atoms with Crippen molar-refractivity contribution in [2.75, 3.05) is 0 Å². The summed E-state index contributed by atoms with van der Waals surface area (Å²) in [7, 11) is 0. The normalized spacial score (nSPS) is 13.0. The summed E-state index contributed by atoms with van der Waals surface area (Å²) in [6, 6.07) is 3.74. The van der Waals surface area contributed by atoms with Crippen LogP contribution in [0.5, 0.6) is 0 Å². The van der Waals surface area contributed by atoms with Gasteiger partial charge in [0.25, 0.3) is 0 Å². The van der Waals surface area contributed by atoms with E-state index in [2.05, 4.69) is 18.8 Å². The standard InChI is InChI=1S/C9H12ClN/c1-3-7(2)9-8(10)5-4-6-11-9/h4-7H,3H2,1-2H3. The molecule has 1 unspecified atom stereocenters. The van der Waals surface area contributed by atoms with Gasteiger partial charge in [-0.3, -0.25) is 4.98 Å². The van der Waals surface area contributed by atoms with E-state index in [4.69, 9.17) is 11.6 Å². The highest BCUT2D eigenvalue weighted by atomic mass is 35.5. The average Bonchev–Trinajstić information content (AvgIpc) is 2.04. The predicted octanol–water partition coefficient (Wildman–Crippen LogP) is 3.25. The van der Waals surface area contributed by atoms with Gasteiger partial charge in [0.1, 0.15) is 0 Å². The molecule has 0 aliphatic heterocycles. The van der Waals surface area contributed by atoms with Gasteiger partial charge in [-0.15, -0.1) is 0 Å².